The Labute approximate surface area is 105 Å². The van der Waals surface area contributed by atoms with Gasteiger partial charge in [-0.2, -0.15) is 0 Å². The molecule has 0 saturated carbocycles. The normalized spacial score (nSPS) is 23.4. The van der Waals surface area contributed by atoms with Crippen molar-refractivity contribution in [3.8, 4) is 0 Å². The molecule has 0 aliphatic carbocycles. The van der Waals surface area contributed by atoms with E-state index in [0.29, 0.717) is 5.37 Å². The van der Waals surface area contributed by atoms with Gasteiger partial charge in [0, 0.05) is 12.0 Å². The van der Waals surface area contributed by atoms with Crippen LogP contribution in [-0.4, -0.2) is 39.1 Å². The Kier molecular flexibility index (Phi) is 5.02. The van der Waals surface area contributed by atoms with E-state index in [1.54, 1.807) is 18.7 Å². The van der Waals surface area contributed by atoms with Crippen LogP contribution in [0.1, 0.15) is 20.3 Å². The largest absolute Gasteiger partial charge is 0.480 e. The summed E-state index contributed by atoms with van der Waals surface area (Å²) in [5.74, 6) is 0.421. The topological polar surface area (TPSA) is 83.6 Å². The second kappa shape index (κ2) is 6.07. The molecular formula is C11H18N2O3S. The van der Waals surface area contributed by atoms with Crippen molar-refractivity contribution in [2.45, 2.75) is 31.7 Å². The molecule has 0 bridgehead atoms. The number of amides is 1. The quantitative estimate of drug-likeness (QED) is 0.718. The number of thioether (sulfide) groups is 1. The number of carbonyl (C=O) groups is 2. The number of carbonyl (C=O) groups excluding carboxylic acids is 1. The van der Waals surface area contributed by atoms with Crippen LogP contribution in [-0.2, 0) is 9.59 Å². The van der Waals surface area contributed by atoms with E-state index in [2.05, 4.69) is 0 Å². The molecule has 0 radical (unpaired) electrons. The minimum Gasteiger partial charge on any atom is -0.480 e. The summed E-state index contributed by atoms with van der Waals surface area (Å²) in [7, 11) is 0. The smallest absolute Gasteiger partial charge is 0.320 e. The molecule has 1 saturated heterocycles. The predicted molar refractivity (Wildman–Crippen MR) is 67.3 cm³/mol. The molecule has 5 nitrogen and oxygen atoms in total. The summed E-state index contributed by atoms with van der Waals surface area (Å²) in [5, 5.41) is 8.70. The maximum Gasteiger partial charge on any atom is 0.320 e. The summed E-state index contributed by atoms with van der Waals surface area (Å²) in [4.78, 5) is 22.5. The number of β-lactam (4-membered cyclic amide) rings is 1. The van der Waals surface area contributed by atoms with Gasteiger partial charge in [-0.25, -0.2) is 0 Å². The summed E-state index contributed by atoms with van der Waals surface area (Å²) in [5.41, 5.74) is 5.16. The molecule has 0 aromatic carbocycles. The van der Waals surface area contributed by atoms with Crippen molar-refractivity contribution in [3.05, 3.63) is 12.3 Å². The Balaban J connectivity index is 0.000000172. The Morgan fingerprint density at radius 3 is 2.59 bits per heavy atom. The van der Waals surface area contributed by atoms with Gasteiger partial charge >= 0.3 is 5.97 Å². The monoisotopic (exact) mass is 258 g/mol. The third-order valence-electron chi connectivity index (χ3n) is 2.60. The molecular weight excluding hydrogens is 240 g/mol. The second-order valence-electron chi connectivity index (χ2n) is 4.29. The molecule has 0 aromatic rings. The summed E-state index contributed by atoms with van der Waals surface area (Å²) in [6.45, 7) is 3.55. The summed E-state index contributed by atoms with van der Waals surface area (Å²) in [6, 6.07) is -0.713. The first kappa shape index (κ1) is 14.1. The lowest BCUT2D eigenvalue weighted by Gasteiger charge is -2.39. The fourth-order valence-corrected chi connectivity index (χ4v) is 2.36. The van der Waals surface area contributed by atoms with Crippen LogP contribution in [0.4, 0.5) is 0 Å². The van der Waals surface area contributed by atoms with Gasteiger partial charge in [-0.15, -0.1) is 11.8 Å². The molecule has 0 unspecified atom stereocenters. The van der Waals surface area contributed by atoms with E-state index >= 15 is 0 Å². The van der Waals surface area contributed by atoms with Crippen LogP contribution in [0, 0.1) is 5.92 Å². The fourth-order valence-electron chi connectivity index (χ4n) is 1.33. The summed E-state index contributed by atoms with van der Waals surface area (Å²) >= 11 is 1.84. The average molecular weight is 258 g/mol. The van der Waals surface area contributed by atoms with Crippen LogP contribution in [0.25, 0.3) is 0 Å². The Hall–Kier alpha value is -1.01. The first-order valence-corrected chi connectivity index (χ1v) is 6.56. The number of aliphatic carboxylic acids is 1. The Bertz CT molecular complexity index is 331. The molecule has 0 spiro atoms. The Morgan fingerprint density at radius 2 is 2.29 bits per heavy atom. The zero-order valence-electron chi connectivity index (χ0n) is 10.00. The number of hydrogen-bond donors (Lipinski definition) is 2. The van der Waals surface area contributed by atoms with Crippen molar-refractivity contribution >= 4 is 23.6 Å². The molecule has 96 valence electrons. The molecule has 17 heavy (non-hydrogen) atoms. The number of carboxylic acids is 1. The highest BCUT2D eigenvalue weighted by Crippen LogP contribution is 2.32. The maximum absolute atomic E-state index is 10.7. The van der Waals surface area contributed by atoms with Crippen molar-refractivity contribution in [2.24, 2.45) is 11.7 Å². The summed E-state index contributed by atoms with van der Waals surface area (Å²) in [6.07, 6.45) is 4.67. The molecule has 2 aliphatic heterocycles. The van der Waals surface area contributed by atoms with Gasteiger partial charge in [0.1, 0.15) is 6.04 Å². The Morgan fingerprint density at radius 1 is 1.65 bits per heavy atom. The minimum atomic E-state index is -0.931. The van der Waals surface area contributed by atoms with Gasteiger partial charge in [-0.1, -0.05) is 19.9 Å². The minimum absolute atomic E-state index is 0.0208. The van der Waals surface area contributed by atoms with Crippen molar-refractivity contribution in [1.82, 2.24) is 4.90 Å². The van der Waals surface area contributed by atoms with Crippen LogP contribution in [0.5, 0.6) is 0 Å². The number of rotatable bonds is 2. The molecule has 3 N–H and O–H groups in total. The molecule has 2 atom stereocenters. The number of fused-ring (bicyclic) bond motifs is 1. The maximum atomic E-state index is 10.7. The van der Waals surface area contributed by atoms with E-state index in [1.807, 2.05) is 24.0 Å². The third-order valence-corrected chi connectivity index (χ3v) is 3.77. The van der Waals surface area contributed by atoms with Gasteiger partial charge in [0.05, 0.1) is 11.8 Å². The second-order valence-corrected chi connectivity index (χ2v) is 5.50. The molecule has 0 aromatic heterocycles. The van der Waals surface area contributed by atoms with Crippen molar-refractivity contribution < 1.29 is 14.7 Å². The first-order chi connectivity index (χ1) is 7.93. The van der Waals surface area contributed by atoms with Crippen LogP contribution in [0.15, 0.2) is 12.3 Å². The fraction of sp³-hybridized carbons (Fsp3) is 0.636. The van der Waals surface area contributed by atoms with E-state index in [-0.39, 0.29) is 11.8 Å². The number of hydrogen-bond acceptors (Lipinski definition) is 4. The zero-order valence-corrected chi connectivity index (χ0v) is 10.8. The van der Waals surface area contributed by atoms with Crippen LogP contribution in [0.3, 0.4) is 0 Å². The van der Waals surface area contributed by atoms with E-state index < -0.39 is 12.0 Å². The SMILES string of the molecule is CC(C)[C@H](N)C(=O)O.O=C1C[C@H]2SCC=CN12. The first-order valence-electron chi connectivity index (χ1n) is 5.51. The lowest BCUT2D eigenvalue weighted by atomic mass is 10.1. The van der Waals surface area contributed by atoms with Gasteiger partial charge in [-0.05, 0) is 5.92 Å². The van der Waals surface area contributed by atoms with E-state index in [4.69, 9.17) is 10.8 Å². The van der Waals surface area contributed by atoms with Crippen molar-refractivity contribution in [3.63, 3.8) is 0 Å². The van der Waals surface area contributed by atoms with Crippen molar-refractivity contribution in [2.75, 3.05) is 5.75 Å². The lowest BCUT2D eigenvalue weighted by molar-refractivity contribution is -0.139. The van der Waals surface area contributed by atoms with Gasteiger partial charge in [0.25, 0.3) is 0 Å². The van der Waals surface area contributed by atoms with Crippen molar-refractivity contribution in [1.29, 1.82) is 0 Å². The molecule has 2 aliphatic rings. The molecule has 2 rings (SSSR count). The predicted octanol–water partition coefficient (Wildman–Crippen LogP) is 0.860. The number of nitrogens with two attached hydrogens (primary N) is 1. The molecule has 1 fully saturated rings. The number of carboxylic acid groups (broad SMARTS) is 1. The van der Waals surface area contributed by atoms with Gasteiger partial charge in [0.2, 0.25) is 5.91 Å². The van der Waals surface area contributed by atoms with Crippen LogP contribution >= 0.6 is 11.8 Å². The molecule has 2 heterocycles. The highest BCUT2D eigenvalue weighted by molar-refractivity contribution is 8.00. The average Bonchev–Trinajstić information content (AvgIpc) is 2.27. The van der Waals surface area contributed by atoms with Crippen LogP contribution < -0.4 is 5.73 Å². The molecule has 6 heteroatoms. The highest BCUT2D eigenvalue weighted by atomic mass is 32.2. The standard InChI is InChI=1S/C6H7NOS.C5H11NO2/c8-5-4-6-7(5)2-1-3-9-6;1-3(2)4(6)5(7)8/h1-2,6H,3-4H2;3-4H,6H2,1-2H3,(H,7,8)/t6-;4-/m10/s1. The highest BCUT2D eigenvalue weighted by Gasteiger charge is 2.35. The van der Waals surface area contributed by atoms with Crippen LogP contribution in [0.2, 0.25) is 0 Å². The summed E-state index contributed by atoms with van der Waals surface area (Å²) < 4.78 is 0. The lowest BCUT2D eigenvalue weighted by Crippen LogP contribution is -2.48. The van der Waals surface area contributed by atoms with E-state index in [0.717, 1.165) is 12.2 Å². The van der Waals surface area contributed by atoms with Gasteiger partial charge < -0.3 is 15.7 Å². The molecule has 1 amide bonds. The third kappa shape index (κ3) is 3.74. The zero-order chi connectivity index (χ0) is 13.0. The number of nitrogens with zero attached hydrogens (tertiary/aromatic N) is 1. The van der Waals surface area contributed by atoms with E-state index in [9.17, 15) is 9.59 Å². The van der Waals surface area contributed by atoms with Gasteiger partial charge in [-0.3, -0.25) is 9.59 Å². The van der Waals surface area contributed by atoms with E-state index in [1.165, 1.54) is 0 Å². The van der Waals surface area contributed by atoms with Gasteiger partial charge in [0.15, 0.2) is 0 Å².